The number of benzene rings is 2. The van der Waals surface area contributed by atoms with Gasteiger partial charge in [0.15, 0.2) is 0 Å². The first-order valence-electron chi connectivity index (χ1n) is 8.16. The molecule has 0 aliphatic carbocycles. The van der Waals surface area contributed by atoms with Crippen LogP contribution in [0, 0.1) is 5.92 Å². The van der Waals surface area contributed by atoms with Crippen molar-refractivity contribution < 1.29 is 9.59 Å². The SMILES string of the molecule is CCC(CC)C(=O)Nc1ccc(NC(=O)Nc2ccccc2)cc1. The summed E-state index contributed by atoms with van der Waals surface area (Å²) in [6, 6.07) is 16.0. The number of carbonyl (C=O) groups excluding carboxylic acids is 2. The van der Waals surface area contributed by atoms with Crippen molar-refractivity contribution in [1.82, 2.24) is 0 Å². The highest BCUT2D eigenvalue weighted by Crippen LogP contribution is 2.17. The Morgan fingerprint density at radius 2 is 1.21 bits per heavy atom. The summed E-state index contributed by atoms with van der Waals surface area (Å²) in [6.45, 7) is 4.01. The first kappa shape index (κ1) is 17.5. The smallest absolute Gasteiger partial charge is 0.323 e. The number of carbonyl (C=O) groups is 2. The molecule has 0 atom stereocenters. The monoisotopic (exact) mass is 325 g/mol. The number of hydrogen-bond acceptors (Lipinski definition) is 2. The van der Waals surface area contributed by atoms with Crippen LogP contribution in [-0.4, -0.2) is 11.9 Å². The summed E-state index contributed by atoms with van der Waals surface area (Å²) in [6.07, 6.45) is 1.64. The van der Waals surface area contributed by atoms with Gasteiger partial charge in [-0.3, -0.25) is 4.79 Å². The molecule has 0 aromatic heterocycles. The highest BCUT2D eigenvalue weighted by atomic mass is 16.2. The van der Waals surface area contributed by atoms with Gasteiger partial charge in [0.25, 0.3) is 0 Å². The van der Waals surface area contributed by atoms with Crippen LogP contribution >= 0.6 is 0 Å². The lowest BCUT2D eigenvalue weighted by Gasteiger charge is -2.13. The Kier molecular flexibility index (Phi) is 6.37. The molecule has 2 rings (SSSR count). The maximum Gasteiger partial charge on any atom is 0.323 e. The minimum atomic E-state index is -0.310. The van der Waals surface area contributed by atoms with Gasteiger partial charge >= 0.3 is 6.03 Å². The highest BCUT2D eigenvalue weighted by molar-refractivity contribution is 6.00. The number of rotatable bonds is 6. The standard InChI is InChI=1S/C19H23N3O2/c1-3-14(4-2)18(23)20-16-10-12-17(13-11-16)22-19(24)21-15-8-6-5-7-9-15/h5-14H,3-4H2,1-2H3,(H,20,23)(H2,21,22,24). The topological polar surface area (TPSA) is 70.2 Å². The van der Waals surface area contributed by atoms with Crippen LogP contribution in [0.15, 0.2) is 54.6 Å². The molecule has 2 aromatic rings. The Morgan fingerprint density at radius 3 is 1.71 bits per heavy atom. The maximum absolute atomic E-state index is 12.0. The fraction of sp³-hybridized carbons (Fsp3) is 0.263. The molecule has 5 heteroatoms. The number of para-hydroxylation sites is 1. The fourth-order valence-corrected chi connectivity index (χ4v) is 2.36. The molecule has 3 amide bonds. The van der Waals surface area contributed by atoms with E-state index in [1.807, 2.05) is 44.2 Å². The molecule has 0 spiro atoms. The maximum atomic E-state index is 12.0. The second-order valence-electron chi connectivity index (χ2n) is 5.53. The molecule has 0 saturated heterocycles. The zero-order chi connectivity index (χ0) is 17.4. The fourth-order valence-electron chi connectivity index (χ4n) is 2.36. The molecule has 126 valence electrons. The van der Waals surface area contributed by atoms with Crippen molar-refractivity contribution >= 4 is 29.0 Å². The van der Waals surface area contributed by atoms with Gasteiger partial charge in [0.1, 0.15) is 0 Å². The van der Waals surface area contributed by atoms with Crippen LogP contribution in [0.3, 0.4) is 0 Å². The lowest BCUT2D eigenvalue weighted by Crippen LogP contribution is -2.21. The molecular weight excluding hydrogens is 302 g/mol. The van der Waals surface area contributed by atoms with E-state index in [9.17, 15) is 9.59 Å². The van der Waals surface area contributed by atoms with Crippen LogP contribution in [0.25, 0.3) is 0 Å². The zero-order valence-corrected chi connectivity index (χ0v) is 14.0. The minimum absolute atomic E-state index is 0.0273. The molecule has 0 heterocycles. The largest absolute Gasteiger partial charge is 0.326 e. The predicted molar refractivity (Wildman–Crippen MR) is 98.2 cm³/mol. The van der Waals surface area contributed by atoms with Crippen LogP contribution in [0.2, 0.25) is 0 Å². The quantitative estimate of drug-likeness (QED) is 0.720. The average molecular weight is 325 g/mol. The molecule has 0 aliphatic rings. The van der Waals surface area contributed by atoms with Gasteiger partial charge in [0.05, 0.1) is 0 Å². The summed E-state index contributed by atoms with van der Waals surface area (Å²) in [4.78, 5) is 24.0. The van der Waals surface area contributed by atoms with Gasteiger partial charge < -0.3 is 16.0 Å². The Balaban J connectivity index is 1.90. The van der Waals surface area contributed by atoms with Crippen molar-refractivity contribution in [3.63, 3.8) is 0 Å². The predicted octanol–water partition coefficient (Wildman–Crippen LogP) is 4.71. The van der Waals surface area contributed by atoms with Crippen molar-refractivity contribution in [2.75, 3.05) is 16.0 Å². The number of hydrogen-bond donors (Lipinski definition) is 3. The van der Waals surface area contributed by atoms with Gasteiger partial charge in [-0.25, -0.2) is 4.79 Å². The molecular formula is C19H23N3O2. The first-order chi connectivity index (χ1) is 11.6. The van der Waals surface area contributed by atoms with Gasteiger partial charge in [-0.15, -0.1) is 0 Å². The normalized spacial score (nSPS) is 10.3. The third kappa shape index (κ3) is 5.12. The molecule has 2 aromatic carbocycles. The molecule has 0 aliphatic heterocycles. The van der Waals surface area contributed by atoms with Crippen molar-refractivity contribution in [3.05, 3.63) is 54.6 Å². The van der Waals surface area contributed by atoms with Crippen LogP contribution < -0.4 is 16.0 Å². The molecule has 0 radical (unpaired) electrons. The van der Waals surface area contributed by atoms with Crippen LogP contribution in [0.5, 0.6) is 0 Å². The highest BCUT2D eigenvalue weighted by Gasteiger charge is 2.13. The van der Waals surface area contributed by atoms with E-state index < -0.39 is 0 Å². The Bertz CT molecular complexity index is 665. The summed E-state index contributed by atoms with van der Waals surface area (Å²) in [5.41, 5.74) is 2.11. The van der Waals surface area contributed by atoms with E-state index >= 15 is 0 Å². The molecule has 3 N–H and O–H groups in total. The van der Waals surface area contributed by atoms with E-state index in [4.69, 9.17) is 0 Å². The summed E-state index contributed by atoms with van der Waals surface area (Å²) in [5, 5.41) is 8.40. The van der Waals surface area contributed by atoms with E-state index in [1.54, 1.807) is 24.3 Å². The molecule has 0 unspecified atom stereocenters. The summed E-state index contributed by atoms with van der Waals surface area (Å²) >= 11 is 0. The van der Waals surface area contributed by atoms with E-state index in [0.717, 1.165) is 24.2 Å². The number of anilines is 3. The molecule has 0 fully saturated rings. The van der Waals surface area contributed by atoms with Gasteiger partial charge in [-0.1, -0.05) is 32.0 Å². The van der Waals surface area contributed by atoms with Crippen molar-refractivity contribution in [2.24, 2.45) is 5.92 Å². The second-order valence-corrected chi connectivity index (χ2v) is 5.53. The summed E-state index contributed by atoms with van der Waals surface area (Å²) in [5.74, 6) is 0.0574. The lowest BCUT2D eigenvalue weighted by molar-refractivity contribution is -0.120. The number of urea groups is 1. The van der Waals surface area contributed by atoms with Crippen molar-refractivity contribution in [2.45, 2.75) is 26.7 Å². The van der Waals surface area contributed by atoms with E-state index in [2.05, 4.69) is 16.0 Å². The van der Waals surface area contributed by atoms with E-state index in [-0.39, 0.29) is 17.9 Å². The summed E-state index contributed by atoms with van der Waals surface area (Å²) in [7, 11) is 0. The molecule has 5 nitrogen and oxygen atoms in total. The van der Waals surface area contributed by atoms with Crippen molar-refractivity contribution in [3.8, 4) is 0 Å². The zero-order valence-electron chi connectivity index (χ0n) is 14.0. The second kappa shape index (κ2) is 8.72. The van der Waals surface area contributed by atoms with Gasteiger partial charge in [0, 0.05) is 23.0 Å². The number of amides is 3. The van der Waals surface area contributed by atoms with Crippen molar-refractivity contribution in [1.29, 1.82) is 0 Å². The minimum Gasteiger partial charge on any atom is -0.326 e. The molecule has 0 saturated carbocycles. The van der Waals surface area contributed by atoms with Crippen LogP contribution in [-0.2, 0) is 4.79 Å². The average Bonchev–Trinajstić information content (AvgIpc) is 2.58. The Hall–Kier alpha value is -2.82. The lowest BCUT2D eigenvalue weighted by atomic mass is 10.0. The van der Waals surface area contributed by atoms with Crippen LogP contribution in [0.4, 0.5) is 21.9 Å². The molecule has 24 heavy (non-hydrogen) atoms. The first-order valence-corrected chi connectivity index (χ1v) is 8.16. The number of nitrogens with one attached hydrogen (secondary N) is 3. The summed E-state index contributed by atoms with van der Waals surface area (Å²) < 4.78 is 0. The van der Waals surface area contributed by atoms with Crippen LogP contribution in [0.1, 0.15) is 26.7 Å². The Labute approximate surface area is 142 Å². The van der Waals surface area contributed by atoms with Gasteiger partial charge in [-0.2, -0.15) is 0 Å². The van der Waals surface area contributed by atoms with E-state index in [0.29, 0.717) is 5.69 Å². The van der Waals surface area contributed by atoms with Gasteiger partial charge in [-0.05, 0) is 49.2 Å². The Morgan fingerprint density at radius 1 is 0.750 bits per heavy atom. The molecule has 0 bridgehead atoms. The van der Waals surface area contributed by atoms with Gasteiger partial charge in [0.2, 0.25) is 5.91 Å². The van der Waals surface area contributed by atoms with E-state index in [1.165, 1.54) is 0 Å². The third-order valence-corrected chi connectivity index (χ3v) is 3.80. The third-order valence-electron chi connectivity index (χ3n) is 3.80.